The lowest BCUT2D eigenvalue weighted by Gasteiger charge is -2.02. The Bertz CT molecular complexity index is 621. The van der Waals surface area contributed by atoms with Crippen molar-refractivity contribution in [3.05, 3.63) is 65.2 Å². The van der Waals surface area contributed by atoms with Crippen molar-refractivity contribution in [2.75, 3.05) is 12.4 Å². The molecule has 20 heavy (non-hydrogen) atoms. The lowest BCUT2D eigenvalue weighted by Crippen LogP contribution is -2.07. The molecular weight excluding hydrogens is 274 g/mol. The predicted octanol–water partition coefficient (Wildman–Crippen LogP) is 4.00. The summed E-state index contributed by atoms with van der Waals surface area (Å²) in [5, 5.41) is 3.39. The Hall–Kier alpha value is -2.26. The highest BCUT2D eigenvalue weighted by atomic mass is 35.5. The molecule has 0 fully saturated rings. The number of rotatable bonds is 4. The smallest absolute Gasteiger partial charge is 0.248 e. The van der Waals surface area contributed by atoms with Gasteiger partial charge in [-0.15, -0.1) is 0 Å². The number of methoxy groups -OCH3 is 1. The minimum absolute atomic E-state index is 0.199. The van der Waals surface area contributed by atoms with Gasteiger partial charge in [0.15, 0.2) is 0 Å². The molecule has 0 aliphatic carbocycles. The first kappa shape index (κ1) is 14.2. The molecule has 2 aromatic rings. The second-order valence-corrected chi connectivity index (χ2v) is 4.54. The van der Waals surface area contributed by atoms with E-state index >= 15 is 0 Å². The number of carbonyl (C=O) groups excluding carboxylic acids is 1. The topological polar surface area (TPSA) is 38.3 Å². The van der Waals surface area contributed by atoms with Gasteiger partial charge < -0.3 is 10.1 Å². The van der Waals surface area contributed by atoms with Gasteiger partial charge in [0.2, 0.25) is 5.91 Å². The summed E-state index contributed by atoms with van der Waals surface area (Å²) in [4.78, 5) is 11.8. The number of hydrogen-bond acceptors (Lipinski definition) is 2. The van der Waals surface area contributed by atoms with E-state index in [0.29, 0.717) is 10.7 Å². The minimum Gasteiger partial charge on any atom is -0.497 e. The molecule has 0 saturated carbocycles. The molecule has 0 bridgehead atoms. The number of hydrogen-bond donors (Lipinski definition) is 1. The quantitative estimate of drug-likeness (QED) is 0.863. The number of anilines is 1. The average molecular weight is 288 g/mol. The van der Waals surface area contributed by atoms with E-state index in [1.54, 1.807) is 37.5 Å². The molecule has 4 heteroatoms. The molecule has 102 valence electrons. The first-order chi connectivity index (χ1) is 9.67. The van der Waals surface area contributed by atoms with Crippen molar-refractivity contribution < 1.29 is 9.53 Å². The molecule has 0 aliphatic heterocycles. The fourth-order valence-electron chi connectivity index (χ4n) is 1.63. The van der Waals surface area contributed by atoms with Crippen LogP contribution in [0.3, 0.4) is 0 Å². The Morgan fingerprint density at radius 1 is 1.20 bits per heavy atom. The first-order valence-corrected chi connectivity index (χ1v) is 6.44. The highest BCUT2D eigenvalue weighted by Gasteiger charge is 1.98. The van der Waals surface area contributed by atoms with E-state index in [9.17, 15) is 4.79 Å². The average Bonchev–Trinajstić information content (AvgIpc) is 2.48. The predicted molar refractivity (Wildman–Crippen MR) is 82.1 cm³/mol. The van der Waals surface area contributed by atoms with Crippen molar-refractivity contribution in [3.63, 3.8) is 0 Å². The summed E-state index contributed by atoms with van der Waals surface area (Å²) in [5.41, 5.74) is 1.60. The normalized spacial score (nSPS) is 10.5. The van der Waals surface area contributed by atoms with Crippen LogP contribution in [0, 0.1) is 0 Å². The van der Waals surface area contributed by atoms with Crippen LogP contribution < -0.4 is 10.1 Å². The van der Waals surface area contributed by atoms with Gasteiger partial charge in [-0.25, -0.2) is 0 Å². The zero-order valence-electron chi connectivity index (χ0n) is 11.0. The van der Waals surface area contributed by atoms with Gasteiger partial charge in [-0.3, -0.25) is 4.79 Å². The van der Waals surface area contributed by atoms with Crippen LogP contribution in [0.5, 0.6) is 5.75 Å². The fourth-order valence-corrected chi connectivity index (χ4v) is 1.76. The number of nitrogens with one attached hydrogen (secondary N) is 1. The molecule has 0 unspecified atom stereocenters. The van der Waals surface area contributed by atoms with Crippen molar-refractivity contribution in [1.29, 1.82) is 0 Å². The van der Waals surface area contributed by atoms with E-state index < -0.39 is 0 Å². The summed E-state index contributed by atoms with van der Waals surface area (Å²) in [6.45, 7) is 0. The zero-order valence-corrected chi connectivity index (χ0v) is 11.7. The van der Waals surface area contributed by atoms with Crippen molar-refractivity contribution >= 4 is 29.3 Å². The fraction of sp³-hybridized carbons (Fsp3) is 0.0625. The van der Waals surface area contributed by atoms with Gasteiger partial charge in [0.05, 0.1) is 7.11 Å². The zero-order chi connectivity index (χ0) is 14.4. The highest BCUT2D eigenvalue weighted by Crippen LogP contribution is 2.15. The van der Waals surface area contributed by atoms with E-state index in [0.717, 1.165) is 11.3 Å². The molecule has 1 amide bonds. The lowest BCUT2D eigenvalue weighted by atomic mass is 10.2. The Kier molecular flexibility index (Phi) is 4.80. The van der Waals surface area contributed by atoms with Crippen LogP contribution in [0.15, 0.2) is 54.6 Å². The van der Waals surface area contributed by atoms with Crippen molar-refractivity contribution in [2.24, 2.45) is 0 Å². The van der Waals surface area contributed by atoms with Gasteiger partial charge in [0.1, 0.15) is 5.75 Å². The number of amides is 1. The van der Waals surface area contributed by atoms with E-state index in [2.05, 4.69) is 5.32 Å². The van der Waals surface area contributed by atoms with Crippen LogP contribution >= 0.6 is 11.6 Å². The third-order valence-corrected chi connectivity index (χ3v) is 2.88. The monoisotopic (exact) mass is 287 g/mol. The van der Waals surface area contributed by atoms with Crippen LogP contribution in [-0.2, 0) is 4.79 Å². The largest absolute Gasteiger partial charge is 0.497 e. The Morgan fingerprint density at radius 2 is 1.95 bits per heavy atom. The Morgan fingerprint density at radius 3 is 2.65 bits per heavy atom. The van der Waals surface area contributed by atoms with E-state index in [4.69, 9.17) is 16.3 Å². The molecular formula is C16H14ClNO2. The van der Waals surface area contributed by atoms with Gasteiger partial charge in [0.25, 0.3) is 0 Å². The molecule has 0 aromatic heterocycles. The highest BCUT2D eigenvalue weighted by molar-refractivity contribution is 6.30. The van der Waals surface area contributed by atoms with Crippen LogP contribution in [0.25, 0.3) is 6.08 Å². The summed E-state index contributed by atoms with van der Waals surface area (Å²) in [6.07, 6.45) is 3.21. The summed E-state index contributed by atoms with van der Waals surface area (Å²) < 4.78 is 5.12. The van der Waals surface area contributed by atoms with Crippen LogP contribution in [0.4, 0.5) is 5.69 Å². The van der Waals surface area contributed by atoms with E-state index in [1.165, 1.54) is 6.08 Å². The van der Waals surface area contributed by atoms with E-state index in [1.807, 2.05) is 24.3 Å². The van der Waals surface area contributed by atoms with E-state index in [-0.39, 0.29) is 5.91 Å². The number of benzene rings is 2. The van der Waals surface area contributed by atoms with Crippen LogP contribution in [0.2, 0.25) is 5.02 Å². The van der Waals surface area contributed by atoms with Crippen molar-refractivity contribution in [3.8, 4) is 5.75 Å². The molecule has 0 saturated heterocycles. The maximum absolute atomic E-state index is 11.8. The maximum atomic E-state index is 11.8. The Balaban J connectivity index is 1.99. The van der Waals surface area contributed by atoms with Crippen LogP contribution in [-0.4, -0.2) is 13.0 Å². The second kappa shape index (κ2) is 6.78. The summed E-state index contributed by atoms with van der Waals surface area (Å²) >= 11 is 5.78. The SMILES string of the molecule is COc1cccc(C=CC(=O)Nc2ccc(Cl)cc2)c1. The van der Waals surface area contributed by atoms with Gasteiger partial charge in [-0.05, 0) is 48.0 Å². The van der Waals surface area contributed by atoms with Gasteiger partial charge >= 0.3 is 0 Å². The molecule has 3 nitrogen and oxygen atoms in total. The molecule has 1 N–H and O–H groups in total. The first-order valence-electron chi connectivity index (χ1n) is 6.06. The minimum atomic E-state index is -0.199. The van der Waals surface area contributed by atoms with Crippen molar-refractivity contribution in [2.45, 2.75) is 0 Å². The maximum Gasteiger partial charge on any atom is 0.248 e. The molecule has 0 radical (unpaired) electrons. The molecule has 2 aromatic carbocycles. The number of carbonyl (C=O) groups is 1. The summed E-state index contributed by atoms with van der Waals surface area (Å²) in [7, 11) is 1.61. The summed E-state index contributed by atoms with van der Waals surface area (Å²) in [6, 6.07) is 14.4. The number of halogens is 1. The number of ether oxygens (including phenoxy) is 1. The molecule has 0 spiro atoms. The summed E-state index contributed by atoms with van der Waals surface area (Å²) in [5.74, 6) is 0.556. The molecule has 0 heterocycles. The van der Waals surface area contributed by atoms with Gasteiger partial charge in [-0.2, -0.15) is 0 Å². The van der Waals surface area contributed by atoms with Gasteiger partial charge in [0, 0.05) is 16.8 Å². The standard InChI is InChI=1S/C16H14ClNO2/c1-20-15-4-2-3-12(11-15)5-10-16(19)18-14-8-6-13(17)7-9-14/h2-11H,1H3,(H,18,19). The lowest BCUT2D eigenvalue weighted by molar-refractivity contribution is -0.111. The Labute approximate surface area is 122 Å². The molecule has 2 rings (SSSR count). The van der Waals surface area contributed by atoms with Gasteiger partial charge in [-0.1, -0.05) is 23.7 Å². The molecule has 0 atom stereocenters. The third-order valence-electron chi connectivity index (χ3n) is 2.63. The second-order valence-electron chi connectivity index (χ2n) is 4.11. The third kappa shape index (κ3) is 4.14. The van der Waals surface area contributed by atoms with Crippen LogP contribution in [0.1, 0.15) is 5.56 Å². The molecule has 0 aliphatic rings. The van der Waals surface area contributed by atoms with Crippen molar-refractivity contribution in [1.82, 2.24) is 0 Å².